The van der Waals surface area contributed by atoms with Gasteiger partial charge in [-0.2, -0.15) is 0 Å². The van der Waals surface area contributed by atoms with Gasteiger partial charge in [0, 0.05) is 17.5 Å². The Morgan fingerprint density at radius 1 is 1.47 bits per heavy atom. The molecule has 98 valence electrons. The monoisotopic (exact) mass is 283 g/mol. The molecule has 0 aliphatic carbocycles. The lowest BCUT2D eigenvalue weighted by Crippen LogP contribution is -1.95. The SMILES string of the molecule is O=C(O)c1cc(Oc2c(F)cccc2[N+](=O)[O-])cs1. The van der Waals surface area contributed by atoms with Gasteiger partial charge in [0.15, 0.2) is 5.82 Å². The predicted molar refractivity (Wildman–Crippen MR) is 64.4 cm³/mol. The molecule has 0 unspecified atom stereocenters. The molecule has 0 bridgehead atoms. The number of nitro benzene ring substituents is 1. The highest BCUT2D eigenvalue weighted by Crippen LogP contribution is 2.35. The zero-order valence-electron chi connectivity index (χ0n) is 9.20. The number of para-hydroxylation sites is 1. The minimum Gasteiger partial charge on any atom is -0.477 e. The maximum atomic E-state index is 13.5. The van der Waals surface area contributed by atoms with Gasteiger partial charge in [0.05, 0.1) is 4.92 Å². The Morgan fingerprint density at radius 2 is 2.21 bits per heavy atom. The lowest BCUT2D eigenvalue weighted by Gasteiger charge is -2.04. The van der Waals surface area contributed by atoms with Crippen molar-refractivity contribution >= 4 is 23.0 Å². The molecule has 0 aliphatic rings. The van der Waals surface area contributed by atoms with Crippen molar-refractivity contribution < 1.29 is 24.0 Å². The summed E-state index contributed by atoms with van der Waals surface area (Å²) in [7, 11) is 0. The Hall–Kier alpha value is -2.48. The molecular weight excluding hydrogens is 277 g/mol. The largest absolute Gasteiger partial charge is 0.477 e. The minimum absolute atomic E-state index is 0.00556. The van der Waals surface area contributed by atoms with Gasteiger partial charge in [-0.25, -0.2) is 9.18 Å². The molecule has 2 rings (SSSR count). The van der Waals surface area contributed by atoms with Gasteiger partial charge in [-0.3, -0.25) is 10.1 Å². The van der Waals surface area contributed by atoms with Crippen LogP contribution in [0.1, 0.15) is 9.67 Å². The number of carboxylic acid groups (broad SMARTS) is 1. The van der Waals surface area contributed by atoms with E-state index in [1.165, 1.54) is 17.5 Å². The Bertz CT molecular complexity index is 654. The highest BCUT2D eigenvalue weighted by atomic mass is 32.1. The maximum Gasteiger partial charge on any atom is 0.346 e. The van der Waals surface area contributed by atoms with Gasteiger partial charge in [-0.05, 0) is 6.07 Å². The van der Waals surface area contributed by atoms with Crippen LogP contribution in [0.4, 0.5) is 10.1 Å². The van der Waals surface area contributed by atoms with E-state index in [0.717, 1.165) is 23.5 Å². The van der Waals surface area contributed by atoms with Gasteiger partial charge in [0.2, 0.25) is 5.75 Å². The molecule has 0 spiro atoms. The number of rotatable bonds is 4. The lowest BCUT2D eigenvalue weighted by molar-refractivity contribution is -0.385. The van der Waals surface area contributed by atoms with Crippen molar-refractivity contribution in [3.05, 3.63) is 50.5 Å². The van der Waals surface area contributed by atoms with Crippen LogP contribution in [0.25, 0.3) is 0 Å². The summed E-state index contributed by atoms with van der Waals surface area (Å²) < 4.78 is 18.6. The average Bonchev–Trinajstić information content (AvgIpc) is 2.80. The number of benzene rings is 1. The second kappa shape index (κ2) is 5.02. The highest BCUT2D eigenvalue weighted by molar-refractivity contribution is 7.12. The Labute approximate surface area is 109 Å². The van der Waals surface area contributed by atoms with E-state index in [-0.39, 0.29) is 10.6 Å². The van der Waals surface area contributed by atoms with Gasteiger partial charge in [0.1, 0.15) is 10.6 Å². The summed E-state index contributed by atoms with van der Waals surface area (Å²) in [4.78, 5) is 20.6. The zero-order chi connectivity index (χ0) is 14.0. The fourth-order valence-corrected chi connectivity index (χ4v) is 1.99. The molecule has 1 aromatic carbocycles. The Balaban J connectivity index is 2.37. The molecule has 0 radical (unpaired) electrons. The van der Waals surface area contributed by atoms with E-state index in [1.807, 2.05) is 0 Å². The summed E-state index contributed by atoms with van der Waals surface area (Å²) in [6, 6.07) is 4.48. The molecule has 0 saturated carbocycles. The molecule has 1 aromatic heterocycles. The van der Waals surface area contributed by atoms with Crippen LogP contribution >= 0.6 is 11.3 Å². The number of nitrogens with zero attached hydrogens (tertiary/aromatic N) is 1. The van der Waals surface area contributed by atoms with E-state index in [4.69, 9.17) is 9.84 Å². The number of nitro groups is 1. The van der Waals surface area contributed by atoms with Crippen LogP contribution < -0.4 is 4.74 Å². The molecule has 0 fully saturated rings. The number of aromatic carboxylic acids is 1. The summed E-state index contributed by atoms with van der Waals surface area (Å²) in [5, 5.41) is 20.8. The second-order valence-electron chi connectivity index (χ2n) is 3.40. The minimum atomic E-state index is -1.15. The molecule has 19 heavy (non-hydrogen) atoms. The first kappa shape index (κ1) is 13.0. The van der Waals surface area contributed by atoms with Crippen LogP contribution in [0, 0.1) is 15.9 Å². The number of thiophene rings is 1. The highest BCUT2D eigenvalue weighted by Gasteiger charge is 2.21. The van der Waals surface area contributed by atoms with Crippen LogP contribution in [0.3, 0.4) is 0 Å². The number of hydrogen-bond donors (Lipinski definition) is 1. The predicted octanol–water partition coefficient (Wildman–Crippen LogP) is 3.29. The summed E-state index contributed by atoms with van der Waals surface area (Å²) in [5.41, 5.74) is -0.525. The van der Waals surface area contributed by atoms with Crippen molar-refractivity contribution in [2.45, 2.75) is 0 Å². The summed E-state index contributed by atoms with van der Waals surface area (Å²) >= 11 is 0.880. The summed E-state index contributed by atoms with van der Waals surface area (Å²) in [6.45, 7) is 0. The third kappa shape index (κ3) is 2.68. The van der Waals surface area contributed by atoms with Crippen LogP contribution in [0.2, 0.25) is 0 Å². The van der Waals surface area contributed by atoms with Crippen molar-refractivity contribution in [1.29, 1.82) is 0 Å². The van der Waals surface area contributed by atoms with E-state index >= 15 is 0 Å². The molecular formula is C11H6FNO5S. The first-order chi connectivity index (χ1) is 8.99. The van der Waals surface area contributed by atoms with Crippen molar-refractivity contribution in [3.63, 3.8) is 0 Å². The summed E-state index contributed by atoms with van der Waals surface area (Å²) in [5.74, 6) is -2.54. The molecule has 2 aromatic rings. The number of ether oxygens (including phenoxy) is 1. The number of hydrogen-bond acceptors (Lipinski definition) is 5. The first-order valence-corrected chi connectivity index (χ1v) is 5.79. The standard InChI is InChI=1S/C11H6FNO5S/c12-7-2-1-3-8(13(16)17)10(7)18-6-4-9(11(14)15)19-5-6/h1-5H,(H,14,15). The van der Waals surface area contributed by atoms with Gasteiger partial charge < -0.3 is 9.84 Å². The third-order valence-electron chi connectivity index (χ3n) is 2.15. The molecule has 1 heterocycles. The number of carbonyl (C=O) groups is 1. The van der Waals surface area contributed by atoms with Crippen LogP contribution in [0.5, 0.6) is 11.5 Å². The summed E-state index contributed by atoms with van der Waals surface area (Å²) in [6.07, 6.45) is 0. The van der Waals surface area contributed by atoms with E-state index in [9.17, 15) is 19.3 Å². The Kier molecular flexibility index (Phi) is 3.43. The van der Waals surface area contributed by atoms with E-state index < -0.39 is 28.1 Å². The van der Waals surface area contributed by atoms with Crippen LogP contribution in [0.15, 0.2) is 29.6 Å². The fourth-order valence-electron chi connectivity index (χ4n) is 1.34. The fraction of sp³-hybridized carbons (Fsp3) is 0. The number of halogens is 1. The molecule has 6 nitrogen and oxygen atoms in total. The van der Waals surface area contributed by atoms with Gasteiger partial charge >= 0.3 is 11.7 Å². The smallest absolute Gasteiger partial charge is 0.346 e. The maximum absolute atomic E-state index is 13.5. The molecule has 8 heteroatoms. The quantitative estimate of drug-likeness (QED) is 0.686. The van der Waals surface area contributed by atoms with Crippen molar-refractivity contribution in [3.8, 4) is 11.5 Å². The van der Waals surface area contributed by atoms with Gasteiger partial charge in [0.25, 0.3) is 0 Å². The normalized spacial score (nSPS) is 10.2. The lowest BCUT2D eigenvalue weighted by atomic mass is 10.3. The topological polar surface area (TPSA) is 89.7 Å². The zero-order valence-corrected chi connectivity index (χ0v) is 10.0. The third-order valence-corrected chi connectivity index (χ3v) is 3.05. The molecule has 0 atom stereocenters. The molecule has 0 saturated heterocycles. The molecule has 1 N–H and O–H groups in total. The van der Waals surface area contributed by atoms with Crippen molar-refractivity contribution in [2.24, 2.45) is 0 Å². The molecule has 0 amide bonds. The van der Waals surface area contributed by atoms with Crippen molar-refractivity contribution in [2.75, 3.05) is 0 Å². The Morgan fingerprint density at radius 3 is 2.79 bits per heavy atom. The number of carboxylic acids is 1. The second-order valence-corrected chi connectivity index (χ2v) is 4.31. The average molecular weight is 283 g/mol. The van der Waals surface area contributed by atoms with Gasteiger partial charge in [-0.1, -0.05) is 6.07 Å². The van der Waals surface area contributed by atoms with Gasteiger partial charge in [-0.15, -0.1) is 11.3 Å². The van der Waals surface area contributed by atoms with E-state index in [2.05, 4.69) is 0 Å². The van der Waals surface area contributed by atoms with Crippen LogP contribution in [-0.2, 0) is 0 Å². The van der Waals surface area contributed by atoms with E-state index in [1.54, 1.807) is 0 Å². The van der Waals surface area contributed by atoms with Crippen molar-refractivity contribution in [1.82, 2.24) is 0 Å². The molecule has 0 aliphatic heterocycles. The first-order valence-electron chi connectivity index (χ1n) is 4.91. The van der Waals surface area contributed by atoms with E-state index in [0.29, 0.717) is 0 Å². The van der Waals surface area contributed by atoms with Crippen LogP contribution in [-0.4, -0.2) is 16.0 Å².